The predicted octanol–water partition coefficient (Wildman–Crippen LogP) is 4.13. The number of methoxy groups -OCH3 is 1. The van der Waals surface area contributed by atoms with Crippen LogP contribution in [0.1, 0.15) is 10.4 Å². The third-order valence-electron chi connectivity index (χ3n) is 2.47. The summed E-state index contributed by atoms with van der Waals surface area (Å²) in [6.07, 6.45) is 0. The van der Waals surface area contributed by atoms with Crippen LogP contribution in [0.4, 0.5) is 0 Å². The fraction of sp³-hybridized carbons (Fsp3) is 0.231. The molecular weight excluding hydrogens is 307 g/mol. The SMILES string of the molecule is COc1cc(Cl)cc(CO)c1OCc1ccc(Cl)s1. The summed E-state index contributed by atoms with van der Waals surface area (Å²) < 4.78 is 11.6. The Morgan fingerprint density at radius 1 is 1.26 bits per heavy atom. The van der Waals surface area contributed by atoms with E-state index in [-0.39, 0.29) is 6.61 Å². The number of halogens is 2. The number of hydrogen-bond acceptors (Lipinski definition) is 4. The Hall–Kier alpha value is -0.940. The summed E-state index contributed by atoms with van der Waals surface area (Å²) in [6.45, 7) is 0.194. The first kappa shape index (κ1) is 14.5. The number of thiophene rings is 1. The van der Waals surface area contributed by atoms with Crippen LogP contribution in [-0.2, 0) is 13.2 Å². The highest BCUT2D eigenvalue weighted by Crippen LogP contribution is 2.35. The summed E-state index contributed by atoms with van der Waals surface area (Å²) in [7, 11) is 1.53. The molecule has 0 saturated carbocycles. The zero-order valence-corrected chi connectivity index (χ0v) is 12.5. The Labute approximate surface area is 125 Å². The Morgan fingerprint density at radius 3 is 2.63 bits per heavy atom. The highest BCUT2D eigenvalue weighted by molar-refractivity contribution is 7.16. The van der Waals surface area contributed by atoms with Crippen LogP contribution < -0.4 is 9.47 Å². The van der Waals surface area contributed by atoms with E-state index < -0.39 is 0 Å². The number of benzene rings is 1. The lowest BCUT2D eigenvalue weighted by atomic mass is 10.2. The first-order valence-corrected chi connectivity index (χ1v) is 7.05. The van der Waals surface area contributed by atoms with Crippen molar-refractivity contribution in [3.05, 3.63) is 44.1 Å². The minimum absolute atomic E-state index is 0.169. The van der Waals surface area contributed by atoms with Crippen LogP contribution in [0.2, 0.25) is 9.36 Å². The van der Waals surface area contributed by atoms with Crippen molar-refractivity contribution in [2.24, 2.45) is 0 Å². The standard InChI is InChI=1S/C13H12Cl2O3S/c1-17-11-5-9(14)4-8(6-16)13(11)18-7-10-2-3-12(15)19-10/h2-5,16H,6-7H2,1H3. The summed E-state index contributed by atoms with van der Waals surface area (Å²) in [5, 5.41) is 9.84. The van der Waals surface area contributed by atoms with Gasteiger partial charge in [0.1, 0.15) is 6.61 Å². The van der Waals surface area contributed by atoms with Crippen LogP contribution in [0, 0.1) is 0 Å². The van der Waals surface area contributed by atoms with Gasteiger partial charge in [-0.15, -0.1) is 11.3 Å². The van der Waals surface area contributed by atoms with Crippen LogP contribution in [0.25, 0.3) is 0 Å². The van der Waals surface area contributed by atoms with E-state index in [0.29, 0.717) is 33.0 Å². The Kier molecular flexibility index (Phi) is 4.93. The van der Waals surface area contributed by atoms with Gasteiger partial charge in [0.2, 0.25) is 0 Å². The normalized spacial score (nSPS) is 10.5. The number of hydrogen-bond donors (Lipinski definition) is 1. The largest absolute Gasteiger partial charge is 0.493 e. The van der Waals surface area contributed by atoms with Gasteiger partial charge in [0.25, 0.3) is 0 Å². The van der Waals surface area contributed by atoms with Crippen LogP contribution in [0.5, 0.6) is 11.5 Å². The van der Waals surface area contributed by atoms with Crippen molar-refractivity contribution in [2.45, 2.75) is 13.2 Å². The molecule has 2 rings (SSSR count). The number of aliphatic hydroxyl groups excluding tert-OH is 1. The molecule has 0 aliphatic rings. The van der Waals surface area contributed by atoms with E-state index in [2.05, 4.69) is 0 Å². The monoisotopic (exact) mass is 318 g/mol. The summed E-state index contributed by atoms with van der Waals surface area (Å²) in [5.41, 5.74) is 0.590. The lowest BCUT2D eigenvalue weighted by Gasteiger charge is -2.14. The molecule has 1 N–H and O–H groups in total. The van der Waals surface area contributed by atoms with Gasteiger partial charge in [-0.3, -0.25) is 0 Å². The Balaban J connectivity index is 2.23. The van der Waals surface area contributed by atoms with Crippen LogP contribution >= 0.6 is 34.5 Å². The fourth-order valence-electron chi connectivity index (χ4n) is 1.63. The quantitative estimate of drug-likeness (QED) is 0.900. The molecule has 0 aliphatic carbocycles. The first-order chi connectivity index (χ1) is 9.13. The molecule has 1 heterocycles. The predicted molar refractivity (Wildman–Crippen MR) is 77.6 cm³/mol. The molecule has 0 aliphatic heterocycles. The summed E-state index contributed by atoms with van der Waals surface area (Å²) >= 11 is 13.2. The van der Waals surface area contributed by atoms with Gasteiger partial charge in [0.15, 0.2) is 11.5 Å². The molecule has 0 atom stereocenters. The third-order valence-corrected chi connectivity index (χ3v) is 3.90. The summed E-state index contributed by atoms with van der Waals surface area (Å²) in [5.74, 6) is 0.998. The highest BCUT2D eigenvalue weighted by Gasteiger charge is 2.13. The molecule has 0 spiro atoms. The van der Waals surface area contributed by atoms with Gasteiger partial charge in [-0.1, -0.05) is 23.2 Å². The topological polar surface area (TPSA) is 38.7 Å². The van der Waals surface area contributed by atoms with Crippen molar-refractivity contribution in [3.63, 3.8) is 0 Å². The van der Waals surface area contributed by atoms with Crippen molar-refractivity contribution in [1.82, 2.24) is 0 Å². The van der Waals surface area contributed by atoms with E-state index in [1.165, 1.54) is 18.4 Å². The van der Waals surface area contributed by atoms with Gasteiger partial charge >= 0.3 is 0 Å². The van der Waals surface area contributed by atoms with Gasteiger partial charge in [0.05, 0.1) is 18.1 Å². The highest BCUT2D eigenvalue weighted by atomic mass is 35.5. The lowest BCUT2D eigenvalue weighted by molar-refractivity contribution is 0.251. The second-order valence-electron chi connectivity index (χ2n) is 3.75. The molecule has 0 radical (unpaired) electrons. The molecular formula is C13H12Cl2O3S. The van der Waals surface area contributed by atoms with E-state index in [1.807, 2.05) is 12.1 Å². The molecule has 0 bridgehead atoms. The van der Waals surface area contributed by atoms with Crippen LogP contribution in [-0.4, -0.2) is 12.2 Å². The summed E-state index contributed by atoms with van der Waals surface area (Å²) in [4.78, 5) is 0.992. The van der Waals surface area contributed by atoms with E-state index >= 15 is 0 Å². The van der Waals surface area contributed by atoms with Crippen LogP contribution in [0.3, 0.4) is 0 Å². The Morgan fingerprint density at radius 2 is 2.05 bits per heavy atom. The van der Waals surface area contributed by atoms with E-state index in [9.17, 15) is 5.11 Å². The van der Waals surface area contributed by atoms with Crippen molar-refractivity contribution in [1.29, 1.82) is 0 Å². The van der Waals surface area contributed by atoms with Crippen molar-refractivity contribution in [3.8, 4) is 11.5 Å². The molecule has 0 unspecified atom stereocenters. The zero-order valence-electron chi connectivity index (χ0n) is 10.2. The molecule has 1 aromatic carbocycles. The molecule has 19 heavy (non-hydrogen) atoms. The maximum atomic E-state index is 9.35. The van der Waals surface area contributed by atoms with E-state index in [4.69, 9.17) is 32.7 Å². The van der Waals surface area contributed by atoms with Crippen molar-refractivity contribution < 1.29 is 14.6 Å². The lowest BCUT2D eigenvalue weighted by Crippen LogP contribution is -2.00. The molecule has 6 heteroatoms. The fourth-order valence-corrected chi connectivity index (χ4v) is 2.86. The molecule has 0 fully saturated rings. The number of ether oxygens (including phenoxy) is 2. The average molecular weight is 319 g/mol. The second kappa shape index (κ2) is 6.48. The number of aliphatic hydroxyl groups is 1. The van der Waals surface area contributed by atoms with E-state index in [0.717, 1.165) is 4.88 Å². The number of rotatable bonds is 5. The molecule has 1 aromatic heterocycles. The third kappa shape index (κ3) is 3.54. The maximum absolute atomic E-state index is 9.35. The first-order valence-electron chi connectivity index (χ1n) is 5.48. The summed E-state index contributed by atoms with van der Waals surface area (Å²) in [6, 6.07) is 7.02. The Bertz CT molecular complexity index is 544. The molecule has 2 aromatic rings. The van der Waals surface area contributed by atoms with Gasteiger partial charge < -0.3 is 14.6 Å². The van der Waals surface area contributed by atoms with E-state index in [1.54, 1.807) is 12.1 Å². The van der Waals surface area contributed by atoms with Gasteiger partial charge in [0, 0.05) is 21.5 Å². The van der Waals surface area contributed by atoms with Crippen molar-refractivity contribution in [2.75, 3.05) is 7.11 Å². The maximum Gasteiger partial charge on any atom is 0.167 e. The smallest absolute Gasteiger partial charge is 0.167 e. The minimum atomic E-state index is -0.169. The zero-order chi connectivity index (χ0) is 13.8. The molecule has 102 valence electrons. The average Bonchev–Trinajstić information content (AvgIpc) is 2.81. The molecule has 0 amide bonds. The van der Waals surface area contributed by atoms with Crippen LogP contribution in [0.15, 0.2) is 24.3 Å². The molecule has 0 saturated heterocycles. The van der Waals surface area contributed by atoms with Gasteiger partial charge in [-0.25, -0.2) is 0 Å². The minimum Gasteiger partial charge on any atom is -0.493 e. The van der Waals surface area contributed by atoms with Gasteiger partial charge in [-0.05, 0) is 18.2 Å². The van der Waals surface area contributed by atoms with Crippen molar-refractivity contribution >= 4 is 34.5 Å². The second-order valence-corrected chi connectivity index (χ2v) is 5.98. The van der Waals surface area contributed by atoms with Gasteiger partial charge in [-0.2, -0.15) is 0 Å². The molecule has 3 nitrogen and oxygen atoms in total.